The SMILES string of the molecule is CCNC(c1ccc(Cl)c(Cl)c1)C1CCCC1(C)C. The van der Waals surface area contributed by atoms with Crippen molar-refractivity contribution in [3.05, 3.63) is 33.8 Å². The maximum atomic E-state index is 6.18. The van der Waals surface area contributed by atoms with Gasteiger partial charge in [0.1, 0.15) is 0 Å². The Balaban J connectivity index is 2.31. The second-order valence-corrected chi connectivity index (χ2v) is 7.01. The molecule has 2 rings (SSSR count). The van der Waals surface area contributed by atoms with Crippen LogP contribution in [0.3, 0.4) is 0 Å². The summed E-state index contributed by atoms with van der Waals surface area (Å²) >= 11 is 12.2. The zero-order valence-corrected chi connectivity index (χ0v) is 13.5. The Morgan fingerprint density at radius 3 is 2.58 bits per heavy atom. The average molecular weight is 300 g/mol. The molecule has 19 heavy (non-hydrogen) atoms. The lowest BCUT2D eigenvalue weighted by molar-refractivity contribution is 0.199. The fourth-order valence-electron chi connectivity index (χ4n) is 3.39. The number of benzene rings is 1. The molecule has 0 radical (unpaired) electrons. The molecule has 1 nitrogen and oxygen atoms in total. The third-order valence-electron chi connectivity index (χ3n) is 4.47. The van der Waals surface area contributed by atoms with Crippen molar-refractivity contribution in [1.29, 1.82) is 0 Å². The van der Waals surface area contributed by atoms with Crippen LogP contribution in [0.1, 0.15) is 51.6 Å². The second-order valence-electron chi connectivity index (χ2n) is 6.20. The maximum Gasteiger partial charge on any atom is 0.0595 e. The van der Waals surface area contributed by atoms with E-state index in [1.165, 1.54) is 24.8 Å². The molecule has 1 aromatic rings. The van der Waals surface area contributed by atoms with E-state index in [1.807, 2.05) is 12.1 Å². The van der Waals surface area contributed by atoms with Crippen LogP contribution in [0.5, 0.6) is 0 Å². The first-order chi connectivity index (χ1) is 8.95. The Morgan fingerprint density at radius 1 is 1.32 bits per heavy atom. The van der Waals surface area contributed by atoms with E-state index in [9.17, 15) is 0 Å². The molecule has 1 aromatic carbocycles. The topological polar surface area (TPSA) is 12.0 Å². The summed E-state index contributed by atoms with van der Waals surface area (Å²) in [5.41, 5.74) is 1.65. The minimum absolute atomic E-state index is 0.372. The standard InChI is InChI=1S/C16H23Cl2N/c1-4-19-15(12-6-5-9-16(12,2)3)11-7-8-13(17)14(18)10-11/h7-8,10,12,15,19H,4-6,9H2,1-3H3. The van der Waals surface area contributed by atoms with Gasteiger partial charge in [-0.15, -0.1) is 0 Å². The summed E-state index contributed by atoms with van der Waals surface area (Å²) in [7, 11) is 0. The Hall–Kier alpha value is -0.240. The highest BCUT2D eigenvalue weighted by atomic mass is 35.5. The van der Waals surface area contributed by atoms with Gasteiger partial charge < -0.3 is 5.32 Å². The van der Waals surface area contributed by atoms with E-state index in [-0.39, 0.29) is 0 Å². The first-order valence-corrected chi connectivity index (χ1v) is 7.89. The Morgan fingerprint density at radius 2 is 2.05 bits per heavy atom. The molecule has 0 aliphatic heterocycles. The van der Waals surface area contributed by atoms with Crippen molar-refractivity contribution >= 4 is 23.2 Å². The Kier molecular flexibility index (Phi) is 4.81. The van der Waals surface area contributed by atoms with Gasteiger partial charge in [-0.25, -0.2) is 0 Å². The van der Waals surface area contributed by atoms with Crippen LogP contribution in [0.4, 0.5) is 0 Å². The van der Waals surface area contributed by atoms with Gasteiger partial charge in [-0.2, -0.15) is 0 Å². The van der Waals surface area contributed by atoms with Gasteiger partial charge in [0.2, 0.25) is 0 Å². The molecule has 0 heterocycles. The van der Waals surface area contributed by atoms with Crippen molar-refractivity contribution in [3.8, 4) is 0 Å². The number of hydrogen-bond donors (Lipinski definition) is 1. The van der Waals surface area contributed by atoms with Crippen LogP contribution in [0.15, 0.2) is 18.2 Å². The predicted octanol–water partition coefficient (Wildman–Crippen LogP) is 5.47. The largest absolute Gasteiger partial charge is 0.310 e. The van der Waals surface area contributed by atoms with E-state index in [2.05, 4.69) is 32.2 Å². The van der Waals surface area contributed by atoms with Crippen LogP contribution in [0, 0.1) is 11.3 Å². The molecule has 0 amide bonds. The van der Waals surface area contributed by atoms with Crippen LogP contribution >= 0.6 is 23.2 Å². The predicted molar refractivity (Wildman–Crippen MR) is 84.0 cm³/mol. The molecule has 2 atom stereocenters. The van der Waals surface area contributed by atoms with Gasteiger partial charge in [0.15, 0.2) is 0 Å². The van der Waals surface area contributed by atoms with Gasteiger partial charge in [0, 0.05) is 6.04 Å². The van der Waals surface area contributed by atoms with Crippen molar-refractivity contribution in [2.75, 3.05) is 6.54 Å². The first-order valence-electron chi connectivity index (χ1n) is 7.14. The van der Waals surface area contributed by atoms with Crippen LogP contribution < -0.4 is 5.32 Å². The zero-order valence-electron chi connectivity index (χ0n) is 12.0. The summed E-state index contributed by atoms with van der Waals surface area (Å²) in [6.45, 7) is 7.89. The quantitative estimate of drug-likeness (QED) is 0.777. The molecule has 1 fully saturated rings. The van der Waals surface area contributed by atoms with Gasteiger partial charge in [-0.05, 0) is 48.4 Å². The van der Waals surface area contributed by atoms with Gasteiger partial charge in [-0.1, -0.05) is 56.5 Å². The lowest BCUT2D eigenvalue weighted by Gasteiger charge is -2.35. The summed E-state index contributed by atoms with van der Waals surface area (Å²) < 4.78 is 0. The van der Waals surface area contributed by atoms with Crippen LogP contribution in [0.2, 0.25) is 10.0 Å². The molecule has 106 valence electrons. The van der Waals surface area contributed by atoms with E-state index in [1.54, 1.807) is 0 Å². The molecular formula is C16H23Cl2N. The monoisotopic (exact) mass is 299 g/mol. The lowest BCUT2D eigenvalue weighted by Crippen LogP contribution is -2.33. The summed E-state index contributed by atoms with van der Waals surface area (Å²) in [5, 5.41) is 4.92. The maximum absolute atomic E-state index is 6.18. The van der Waals surface area contributed by atoms with Crippen molar-refractivity contribution in [2.24, 2.45) is 11.3 Å². The van der Waals surface area contributed by atoms with Crippen LogP contribution in [-0.4, -0.2) is 6.54 Å². The molecule has 1 N–H and O–H groups in total. The normalized spacial score (nSPS) is 23.5. The summed E-state index contributed by atoms with van der Waals surface area (Å²) in [6.07, 6.45) is 3.91. The second kappa shape index (κ2) is 6.03. The molecule has 0 spiro atoms. The molecule has 1 saturated carbocycles. The van der Waals surface area contributed by atoms with Gasteiger partial charge >= 0.3 is 0 Å². The average Bonchev–Trinajstić information content (AvgIpc) is 2.70. The highest BCUT2D eigenvalue weighted by Gasteiger charge is 2.39. The minimum Gasteiger partial charge on any atom is -0.310 e. The molecule has 0 saturated heterocycles. The van der Waals surface area contributed by atoms with E-state index < -0.39 is 0 Å². The molecule has 1 aliphatic carbocycles. The number of hydrogen-bond acceptors (Lipinski definition) is 1. The highest BCUT2D eigenvalue weighted by molar-refractivity contribution is 6.42. The number of nitrogens with one attached hydrogen (secondary N) is 1. The van der Waals surface area contributed by atoms with E-state index in [0.717, 1.165) is 6.54 Å². The van der Waals surface area contributed by atoms with Crippen molar-refractivity contribution < 1.29 is 0 Å². The Bertz CT molecular complexity index is 442. The van der Waals surface area contributed by atoms with E-state index in [4.69, 9.17) is 23.2 Å². The first kappa shape index (κ1) is 15.2. The molecule has 0 bridgehead atoms. The molecular weight excluding hydrogens is 277 g/mol. The van der Waals surface area contributed by atoms with Crippen LogP contribution in [-0.2, 0) is 0 Å². The number of rotatable bonds is 4. The zero-order chi connectivity index (χ0) is 14.0. The minimum atomic E-state index is 0.372. The summed E-state index contributed by atoms with van der Waals surface area (Å²) in [4.78, 5) is 0. The van der Waals surface area contributed by atoms with Crippen LogP contribution in [0.25, 0.3) is 0 Å². The van der Waals surface area contributed by atoms with Gasteiger partial charge in [-0.3, -0.25) is 0 Å². The van der Waals surface area contributed by atoms with E-state index in [0.29, 0.717) is 27.4 Å². The van der Waals surface area contributed by atoms with Gasteiger partial charge in [0.25, 0.3) is 0 Å². The van der Waals surface area contributed by atoms with Crippen molar-refractivity contribution in [2.45, 2.75) is 46.1 Å². The smallest absolute Gasteiger partial charge is 0.0595 e. The number of halogens is 2. The van der Waals surface area contributed by atoms with Crippen molar-refractivity contribution in [1.82, 2.24) is 5.32 Å². The fraction of sp³-hybridized carbons (Fsp3) is 0.625. The van der Waals surface area contributed by atoms with Gasteiger partial charge in [0.05, 0.1) is 10.0 Å². The molecule has 2 unspecified atom stereocenters. The summed E-state index contributed by atoms with van der Waals surface area (Å²) in [6, 6.07) is 6.41. The molecule has 1 aliphatic rings. The van der Waals surface area contributed by atoms with Crippen molar-refractivity contribution in [3.63, 3.8) is 0 Å². The third-order valence-corrected chi connectivity index (χ3v) is 5.21. The summed E-state index contributed by atoms with van der Waals surface area (Å²) in [5.74, 6) is 0.657. The lowest BCUT2D eigenvalue weighted by atomic mass is 9.75. The fourth-order valence-corrected chi connectivity index (χ4v) is 3.70. The third kappa shape index (κ3) is 3.26. The Labute approximate surface area is 126 Å². The van der Waals surface area contributed by atoms with E-state index >= 15 is 0 Å². The highest BCUT2D eigenvalue weighted by Crippen LogP contribution is 2.49. The molecule has 3 heteroatoms. The molecule has 0 aromatic heterocycles.